The second kappa shape index (κ2) is 8.49. The molecule has 0 bridgehead atoms. The molecular formula is C13H22N4O. The molecule has 0 spiro atoms. The van der Waals surface area contributed by atoms with Gasteiger partial charge in [-0.3, -0.25) is 4.79 Å². The number of hydrogen-bond acceptors (Lipinski definition) is 4. The zero-order valence-electron chi connectivity index (χ0n) is 11.5. The lowest BCUT2D eigenvalue weighted by Gasteiger charge is -2.23. The zero-order chi connectivity index (χ0) is 14.0. The fraction of sp³-hybridized carbons (Fsp3) is 0.769. The number of amides is 1. The third kappa shape index (κ3) is 8.55. The molecule has 1 N–H and O–H groups in total. The molecule has 1 amide bonds. The summed E-state index contributed by atoms with van der Waals surface area (Å²) in [5.41, 5.74) is -0.00951. The third-order valence-corrected chi connectivity index (χ3v) is 2.33. The van der Waals surface area contributed by atoms with Crippen LogP contribution in [0, 0.1) is 22.7 Å². The highest BCUT2D eigenvalue weighted by Crippen LogP contribution is 2.01. The highest BCUT2D eigenvalue weighted by molar-refractivity contribution is 5.76. The van der Waals surface area contributed by atoms with E-state index in [1.54, 1.807) is 4.90 Å². The van der Waals surface area contributed by atoms with Crippen molar-refractivity contribution in [2.24, 2.45) is 0 Å². The summed E-state index contributed by atoms with van der Waals surface area (Å²) in [7, 11) is 0. The van der Waals surface area contributed by atoms with Gasteiger partial charge in [-0.05, 0) is 20.8 Å². The molecule has 0 aromatic carbocycles. The normalized spacial score (nSPS) is 10.5. The molecule has 0 aliphatic rings. The van der Waals surface area contributed by atoms with Crippen LogP contribution < -0.4 is 5.32 Å². The van der Waals surface area contributed by atoms with Crippen LogP contribution in [0.25, 0.3) is 0 Å². The van der Waals surface area contributed by atoms with E-state index < -0.39 is 0 Å². The first-order valence-electron chi connectivity index (χ1n) is 6.17. The Morgan fingerprint density at radius 2 is 1.67 bits per heavy atom. The summed E-state index contributed by atoms with van der Waals surface area (Å²) in [6.07, 6.45) is 1.02. The number of hydrogen-bond donors (Lipinski definition) is 1. The molecular weight excluding hydrogens is 228 g/mol. The molecule has 0 saturated heterocycles. The minimum absolute atomic E-state index is 0.00255. The van der Waals surface area contributed by atoms with Gasteiger partial charge in [0.2, 0.25) is 5.91 Å². The smallest absolute Gasteiger partial charge is 0.223 e. The van der Waals surface area contributed by atoms with Crippen molar-refractivity contribution in [2.45, 2.75) is 45.6 Å². The molecule has 5 heteroatoms. The molecule has 18 heavy (non-hydrogen) atoms. The SMILES string of the molecule is CC(C)(C)NCCC(=O)N(CCC#N)CCC#N. The summed E-state index contributed by atoms with van der Waals surface area (Å²) in [6, 6.07) is 4.03. The van der Waals surface area contributed by atoms with Crippen LogP contribution in [0.2, 0.25) is 0 Å². The average Bonchev–Trinajstić information content (AvgIpc) is 2.27. The molecule has 0 atom stereocenters. The lowest BCUT2D eigenvalue weighted by Crippen LogP contribution is -2.40. The number of carbonyl (C=O) groups is 1. The van der Waals surface area contributed by atoms with E-state index in [2.05, 4.69) is 5.32 Å². The summed E-state index contributed by atoms with van der Waals surface area (Å²) in [5, 5.41) is 20.3. The molecule has 0 rings (SSSR count). The Hall–Kier alpha value is -1.59. The van der Waals surface area contributed by atoms with Gasteiger partial charge in [0.25, 0.3) is 0 Å². The largest absolute Gasteiger partial charge is 0.341 e. The highest BCUT2D eigenvalue weighted by atomic mass is 16.2. The first-order valence-corrected chi connectivity index (χ1v) is 6.17. The van der Waals surface area contributed by atoms with Crippen molar-refractivity contribution in [1.82, 2.24) is 10.2 Å². The summed E-state index contributed by atoms with van der Waals surface area (Å²) < 4.78 is 0. The van der Waals surface area contributed by atoms with E-state index >= 15 is 0 Å². The molecule has 0 radical (unpaired) electrons. The zero-order valence-corrected chi connectivity index (χ0v) is 11.5. The van der Waals surface area contributed by atoms with Crippen LogP contribution in [-0.2, 0) is 4.79 Å². The minimum Gasteiger partial charge on any atom is -0.341 e. The van der Waals surface area contributed by atoms with Crippen LogP contribution in [0.5, 0.6) is 0 Å². The molecule has 0 saturated carbocycles. The summed E-state index contributed by atoms with van der Waals surface area (Å²) in [6.45, 7) is 7.55. The number of rotatable bonds is 7. The summed E-state index contributed by atoms with van der Waals surface area (Å²) in [4.78, 5) is 13.5. The minimum atomic E-state index is -0.00951. The van der Waals surface area contributed by atoms with Crippen molar-refractivity contribution in [3.8, 4) is 12.1 Å². The van der Waals surface area contributed by atoms with Gasteiger partial charge in [-0.15, -0.1) is 0 Å². The maximum absolute atomic E-state index is 11.9. The summed E-state index contributed by atoms with van der Waals surface area (Å²) in [5.74, 6) is -0.00255. The molecule has 0 aromatic rings. The molecule has 0 aliphatic carbocycles. The lowest BCUT2D eigenvalue weighted by molar-refractivity contribution is -0.131. The molecule has 0 aromatic heterocycles. The number of carbonyl (C=O) groups excluding carboxylic acids is 1. The van der Waals surface area contributed by atoms with Gasteiger partial charge in [0, 0.05) is 31.6 Å². The first kappa shape index (κ1) is 16.4. The van der Waals surface area contributed by atoms with Crippen molar-refractivity contribution >= 4 is 5.91 Å². The van der Waals surface area contributed by atoms with Crippen molar-refractivity contribution in [2.75, 3.05) is 19.6 Å². The Morgan fingerprint density at radius 1 is 1.17 bits per heavy atom. The van der Waals surface area contributed by atoms with Gasteiger partial charge < -0.3 is 10.2 Å². The topological polar surface area (TPSA) is 79.9 Å². The van der Waals surface area contributed by atoms with Gasteiger partial charge in [-0.25, -0.2) is 0 Å². The fourth-order valence-corrected chi connectivity index (χ4v) is 1.43. The van der Waals surface area contributed by atoms with Crippen molar-refractivity contribution in [1.29, 1.82) is 10.5 Å². The standard InChI is InChI=1S/C13H22N4O/c1-13(2,3)16-9-6-12(18)17(10-4-7-14)11-5-8-15/h16H,4-6,9-11H2,1-3H3. The monoisotopic (exact) mass is 250 g/mol. The van der Waals surface area contributed by atoms with Crippen molar-refractivity contribution in [3.63, 3.8) is 0 Å². The highest BCUT2D eigenvalue weighted by Gasteiger charge is 2.14. The maximum Gasteiger partial charge on any atom is 0.223 e. The molecule has 100 valence electrons. The van der Waals surface area contributed by atoms with Crippen LogP contribution in [0.4, 0.5) is 0 Å². The quantitative estimate of drug-likeness (QED) is 0.741. The van der Waals surface area contributed by atoms with Crippen molar-refractivity contribution in [3.05, 3.63) is 0 Å². The number of nitrogens with zero attached hydrogens (tertiary/aromatic N) is 3. The maximum atomic E-state index is 11.9. The van der Waals surface area contributed by atoms with Crippen LogP contribution >= 0.6 is 0 Å². The van der Waals surface area contributed by atoms with Crippen LogP contribution in [0.1, 0.15) is 40.0 Å². The molecule has 0 heterocycles. The van der Waals surface area contributed by atoms with E-state index in [4.69, 9.17) is 10.5 Å². The Kier molecular flexibility index (Phi) is 7.74. The summed E-state index contributed by atoms with van der Waals surface area (Å²) >= 11 is 0. The Bertz CT molecular complexity index is 314. The van der Waals surface area contributed by atoms with Gasteiger partial charge in [-0.2, -0.15) is 10.5 Å². The van der Waals surface area contributed by atoms with Gasteiger partial charge in [0.05, 0.1) is 25.0 Å². The van der Waals surface area contributed by atoms with Gasteiger partial charge >= 0.3 is 0 Å². The predicted molar refractivity (Wildman–Crippen MR) is 69.4 cm³/mol. The Labute approximate surface area is 109 Å². The van der Waals surface area contributed by atoms with E-state index in [-0.39, 0.29) is 11.4 Å². The first-order chi connectivity index (χ1) is 8.40. The van der Waals surface area contributed by atoms with Gasteiger partial charge in [0.15, 0.2) is 0 Å². The van der Waals surface area contributed by atoms with E-state index in [9.17, 15) is 4.79 Å². The molecule has 5 nitrogen and oxygen atoms in total. The third-order valence-electron chi connectivity index (χ3n) is 2.33. The fourth-order valence-electron chi connectivity index (χ4n) is 1.43. The Balaban J connectivity index is 4.13. The van der Waals surface area contributed by atoms with E-state index in [0.29, 0.717) is 38.9 Å². The van der Waals surface area contributed by atoms with Crippen molar-refractivity contribution < 1.29 is 4.79 Å². The predicted octanol–water partition coefficient (Wildman–Crippen LogP) is 1.42. The second-order valence-corrected chi connectivity index (χ2v) is 5.12. The van der Waals surface area contributed by atoms with Gasteiger partial charge in [-0.1, -0.05) is 0 Å². The van der Waals surface area contributed by atoms with E-state index in [0.717, 1.165) is 0 Å². The van der Waals surface area contributed by atoms with E-state index in [1.807, 2.05) is 32.9 Å². The Morgan fingerprint density at radius 3 is 2.06 bits per heavy atom. The van der Waals surface area contributed by atoms with E-state index in [1.165, 1.54) is 0 Å². The number of nitriles is 2. The number of nitrogens with one attached hydrogen (secondary N) is 1. The lowest BCUT2D eigenvalue weighted by atomic mass is 10.1. The molecule has 0 fully saturated rings. The van der Waals surface area contributed by atoms with Gasteiger partial charge in [0.1, 0.15) is 0 Å². The molecule has 0 aliphatic heterocycles. The average molecular weight is 250 g/mol. The second-order valence-electron chi connectivity index (χ2n) is 5.12. The molecule has 0 unspecified atom stereocenters. The van der Waals surface area contributed by atoms with Crippen LogP contribution in [0.3, 0.4) is 0 Å². The van der Waals surface area contributed by atoms with Crippen LogP contribution in [0.15, 0.2) is 0 Å². The van der Waals surface area contributed by atoms with Crippen LogP contribution in [-0.4, -0.2) is 36.0 Å².